The van der Waals surface area contributed by atoms with Gasteiger partial charge < -0.3 is 29.1 Å². The van der Waals surface area contributed by atoms with Gasteiger partial charge in [0.05, 0.1) is 37.6 Å². The summed E-state index contributed by atoms with van der Waals surface area (Å²) in [4.78, 5) is 30.3. The fourth-order valence-corrected chi connectivity index (χ4v) is 4.88. The largest absolute Gasteiger partial charge is 0.507 e. The summed E-state index contributed by atoms with van der Waals surface area (Å²) in [5, 5.41) is 11.5. The summed E-state index contributed by atoms with van der Waals surface area (Å²) in [6.07, 6.45) is 0. The van der Waals surface area contributed by atoms with E-state index < -0.39 is 17.7 Å². The van der Waals surface area contributed by atoms with Gasteiger partial charge in [0, 0.05) is 19.2 Å². The van der Waals surface area contributed by atoms with Crippen molar-refractivity contribution in [2.45, 2.75) is 19.5 Å². The van der Waals surface area contributed by atoms with Gasteiger partial charge in [-0.05, 0) is 60.5 Å². The highest BCUT2D eigenvalue weighted by atomic mass is 16.5. The molecule has 2 aliphatic heterocycles. The van der Waals surface area contributed by atoms with E-state index in [1.54, 1.807) is 37.4 Å². The Morgan fingerprint density at radius 2 is 1.74 bits per heavy atom. The van der Waals surface area contributed by atoms with Crippen LogP contribution in [0.25, 0.3) is 5.76 Å². The number of ketones is 1. The number of carbonyl (C=O) groups is 2. The Hall–Kier alpha value is -4.46. The van der Waals surface area contributed by atoms with Crippen molar-refractivity contribution in [3.8, 4) is 17.2 Å². The van der Waals surface area contributed by atoms with Gasteiger partial charge in [-0.15, -0.1) is 0 Å². The van der Waals surface area contributed by atoms with Crippen molar-refractivity contribution >= 4 is 23.1 Å². The molecule has 0 aromatic heterocycles. The lowest BCUT2D eigenvalue weighted by atomic mass is 9.94. The smallest absolute Gasteiger partial charge is 0.295 e. The molecular formula is C30H30N2O6. The second-order valence-corrected chi connectivity index (χ2v) is 9.23. The molecule has 2 heterocycles. The number of carbonyl (C=O) groups excluding carboxylic acids is 2. The summed E-state index contributed by atoms with van der Waals surface area (Å²) in [5.41, 5.74) is 2.83. The third-order valence-electron chi connectivity index (χ3n) is 6.89. The third kappa shape index (κ3) is 4.65. The number of aliphatic hydroxyl groups is 1. The van der Waals surface area contributed by atoms with Gasteiger partial charge in [-0.1, -0.05) is 24.3 Å². The first-order chi connectivity index (χ1) is 18.4. The molecule has 196 valence electrons. The quantitative estimate of drug-likeness (QED) is 0.281. The summed E-state index contributed by atoms with van der Waals surface area (Å²) in [7, 11) is 3.53. The summed E-state index contributed by atoms with van der Waals surface area (Å²) in [6, 6.07) is 19.1. The Morgan fingerprint density at radius 3 is 2.42 bits per heavy atom. The van der Waals surface area contributed by atoms with Crippen molar-refractivity contribution in [1.82, 2.24) is 4.90 Å². The first-order valence-electron chi connectivity index (χ1n) is 12.5. The normalized spacial score (nSPS) is 18.2. The van der Waals surface area contributed by atoms with Gasteiger partial charge in [-0.3, -0.25) is 9.59 Å². The number of amides is 1. The van der Waals surface area contributed by atoms with Crippen LogP contribution in [0.1, 0.15) is 29.7 Å². The zero-order chi connectivity index (χ0) is 26.8. The van der Waals surface area contributed by atoms with Crippen molar-refractivity contribution in [2.24, 2.45) is 0 Å². The maximum Gasteiger partial charge on any atom is 0.295 e. The number of hydrogen-bond acceptors (Lipinski definition) is 7. The number of methoxy groups -OCH3 is 1. The van der Waals surface area contributed by atoms with E-state index in [4.69, 9.17) is 14.2 Å². The standard InChI is InChI=1S/C30H30N2O6/c1-4-37-23-12-7-20(8-13-23)27-26(28(33)21-9-14-25-24(17-21)31(2)15-16-38-25)29(34)30(35)32(27)18-19-5-10-22(36-3)11-6-19/h5-14,17,27,33H,4,15-16,18H2,1-3H3/b28-26-. The van der Waals surface area contributed by atoms with Crippen LogP contribution in [0.15, 0.2) is 72.3 Å². The van der Waals surface area contributed by atoms with Crippen LogP contribution in [0.2, 0.25) is 0 Å². The lowest BCUT2D eigenvalue weighted by molar-refractivity contribution is -0.140. The van der Waals surface area contributed by atoms with E-state index in [9.17, 15) is 14.7 Å². The summed E-state index contributed by atoms with van der Waals surface area (Å²) >= 11 is 0. The van der Waals surface area contributed by atoms with Crippen molar-refractivity contribution in [2.75, 3.05) is 38.8 Å². The number of rotatable bonds is 7. The molecule has 1 atom stereocenters. The predicted octanol–water partition coefficient (Wildman–Crippen LogP) is 4.54. The summed E-state index contributed by atoms with van der Waals surface area (Å²) < 4.78 is 16.5. The molecule has 8 nitrogen and oxygen atoms in total. The van der Waals surface area contributed by atoms with Gasteiger partial charge in [0.1, 0.15) is 29.6 Å². The topological polar surface area (TPSA) is 88.5 Å². The lowest BCUT2D eigenvalue weighted by Crippen LogP contribution is -2.29. The van der Waals surface area contributed by atoms with Crippen molar-refractivity contribution in [3.05, 3.63) is 89.0 Å². The monoisotopic (exact) mass is 514 g/mol. The van der Waals surface area contributed by atoms with E-state index >= 15 is 0 Å². The number of benzene rings is 3. The highest BCUT2D eigenvalue weighted by molar-refractivity contribution is 6.46. The molecular weight excluding hydrogens is 484 g/mol. The number of hydrogen-bond donors (Lipinski definition) is 1. The van der Waals surface area contributed by atoms with E-state index in [1.807, 2.05) is 55.3 Å². The maximum absolute atomic E-state index is 13.4. The van der Waals surface area contributed by atoms with Gasteiger partial charge >= 0.3 is 0 Å². The molecule has 0 bridgehead atoms. The molecule has 1 saturated heterocycles. The molecule has 5 rings (SSSR count). The van der Waals surface area contributed by atoms with Crippen LogP contribution >= 0.6 is 0 Å². The highest BCUT2D eigenvalue weighted by Gasteiger charge is 2.46. The zero-order valence-electron chi connectivity index (χ0n) is 21.6. The maximum atomic E-state index is 13.4. The van der Waals surface area contributed by atoms with Crippen LogP contribution in [0, 0.1) is 0 Å². The fourth-order valence-electron chi connectivity index (χ4n) is 4.88. The minimum atomic E-state index is -0.780. The van der Waals surface area contributed by atoms with Crippen LogP contribution in [0.4, 0.5) is 5.69 Å². The van der Waals surface area contributed by atoms with Crippen molar-refractivity contribution < 1.29 is 28.9 Å². The second-order valence-electron chi connectivity index (χ2n) is 9.23. The van der Waals surface area contributed by atoms with Crippen LogP contribution in [-0.2, 0) is 16.1 Å². The van der Waals surface area contributed by atoms with E-state index in [-0.39, 0.29) is 17.9 Å². The number of anilines is 1. The van der Waals surface area contributed by atoms with E-state index in [0.717, 1.165) is 11.3 Å². The van der Waals surface area contributed by atoms with Crippen molar-refractivity contribution in [1.29, 1.82) is 0 Å². The Balaban J connectivity index is 1.60. The molecule has 0 radical (unpaired) electrons. The molecule has 1 N–H and O–H groups in total. The molecule has 1 fully saturated rings. The van der Waals surface area contributed by atoms with Crippen LogP contribution in [0.3, 0.4) is 0 Å². The Bertz CT molecular complexity index is 1380. The van der Waals surface area contributed by atoms with E-state index in [1.165, 1.54) is 4.90 Å². The van der Waals surface area contributed by atoms with E-state index in [0.29, 0.717) is 48.1 Å². The fraction of sp³-hybridized carbons (Fsp3) is 0.267. The summed E-state index contributed by atoms with van der Waals surface area (Å²) in [5.74, 6) is 0.470. The molecule has 0 spiro atoms. The molecule has 3 aromatic rings. The molecule has 0 aliphatic carbocycles. The van der Waals surface area contributed by atoms with Gasteiger partial charge in [0.15, 0.2) is 0 Å². The van der Waals surface area contributed by atoms with Gasteiger partial charge in [0.2, 0.25) is 0 Å². The first-order valence-corrected chi connectivity index (χ1v) is 12.5. The Kier molecular flexibility index (Phi) is 6.96. The average Bonchev–Trinajstić information content (AvgIpc) is 3.18. The Labute approximate surface area is 221 Å². The molecule has 2 aliphatic rings. The lowest BCUT2D eigenvalue weighted by Gasteiger charge is -2.28. The van der Waals surface area contributed by atoms with Gasteiger partial charge in [-0.2, -0.15) is 0 Å². The first kappa shape index (κ1) is 25.2. The molecule has 0 saturated carbocycles. The third-order valence-corrected chi connectivity index (χ3v) is 6.89. The molecule has 3 aromatic carbocycles. The predicted molar refractivity (Wildman–Crippen MR) is 144 cm³/mol. The van der Waals surface area contributed by atoms with Crippen LogP contribution in [0.5, 0.6) is 17.2 Å². The van der Waals surface area contributed by atoms with Crippen LogP contribution in [-0.4, -0.2) is 55.6 Å². The molecule has 38 heavy (non-hydrogen) atoms. The zero-order valence-corrected chi connectivity index (χ0v) is 21.6. The van der Waals surface area contributed by atoms with E-state index in [2.05, 4.69) is 0 Å². The highest BCUT2D eigenvalue weighted by Crippen LogP contribution is 2.42. The number of likely N-dealkylation sites (N-methyl/N-ethyl adjacent to an activating group) is 1. The number of aliphatic hydroxyl groups excluding tert-OH is 1. The van der Waals surface area contributed by atoms with Crippen LogP contribution < -0.4 is 19.1 Å². The molecule has 8 heteroatoms. The van der Waals surface area contributed by atoms with Crippen molar-refractivity contribution in [3.63, 3.8) is 0 Å². The average molecular weight is 515 g/mol. The SMILES string of the molecule is CCOc1ccc(C2/C(=C(/O)c3ccc4c(c3)N(C)CCO4)C(=O)C(=O)N2Cc2ccc(OC)cc2)cc1. The molecule has 1 amide bonds. The number of likely N-dealkylation sites (tertiary alicyclic amines) is 1. The number of nitrogens with zero attached hydrogens (tertiary/aromatic N) is 2. The number of fused-ring (bicyclic) bond motifs is 1. The summed E-state index contributed by atoms with van der Waals surface area (Å²) in [6.45, 7) is 3.88. The van der Waals surface area contributed by atoms with Gasteiger partial charge in [-0.25, -0.2) is 0 Å². The number of Topliss-reactive ketones (excluding diaryl/α,β-unsaturated/α-hetero) is 1. The molecule has 1 unspecified atom stereocenters. The Morgan fingerprint density at radius 1 is 1.03 bits per heavy atom. The van der Waals surface area contributed by atoms with Gasteiger partial charge in [0.25, 0.3) is 11.7 Å². The number of ether oxygens (including phenoxy) is 3. The minimum absolute atomic E-state index is 0.0482. The minimum Gasteiger partial charge on any atom is -0.507 e. The second kappa shape index (κ2) is 10.5.